The average molecular weight is 237 g/mol. The van der Waals surface area contributed by atoms with Gasteiger partial charge in [-0.3, -0.25) is 4.99 Å². The maximum absolute atomic E-state index is 4.54. The molecule has 1 fully saturated rings. The van der Waals surface area contributed by atoms with Crippen LogP contribution < -0.4 is 0 Å². The molecule has 0 spiro atoms. The zero-order chi connectivity index (χ0) is 12.7. The minimum atomic E-state index is 0.640. The molecule has 1 rings (SSSR count). The van der Waals surface area contributed by atoms with Crippen LogP contribution in [0, 0.1) is 5.92 Å². The summed E-state index contributed by atoms with van der Waals surface area (Å²) in [6.45, 7) is 12.1. The van der Waals surface area contributed by atoms with E-state index in [2.05, 4.69) is 54.9 Å². The van der Waals surface area contributed by atoms with Crippen LogP contribution in [0.5, 0.6) is 0 Å². The number of likely N-dealkylation sites (N-methyl/N-ethyl adjacent to an activating group) is 1. The van der Waals surface area contributed by atoms with Crippen LogP contribution in [0.15, 0.2) is 16.8 Å². The van der Waals surface area contributed by atoms with Crippen molar-refractivity contribution in [1.29, 1.82) is 0 Å². The Balaban J connectivity index is 2.54. The van der Waals surface area contributed by atoms with E-state index in [1.165, 1.54) is 5.70 Å². The molecule has 0 unspecified atom stereocenters. The lowest BCUT2D eigenvalue weighted by atomic mass is 10.2. The SMILES string of the molecule is CC/C=C(\C=NCC(C)C)N1CCN(C)CC1. The lowest BCUT2D eigenvalue weighted by Crippen LogP contribution is -2.44. The fourth-order valence-electron chi connectivity index (χ4n) is 1.89. The first-order valence-electron chi connectivity index (χ1n) is 6.77. The molecule has 98 valence electrons. The molecule has 0 aliphatic carbocycles. The van der Waals surface area contributed by atoms with Gasteiger partial charge in [-0.25, -0.2) is 0 Å². The molecule has 0 aromatic carbocycles. The summed E-state index contributed by atoms with van der Waals surface area (Å²) in [6.07, 6.45) is 5.43. The number of piperazine rings is 1. The van der Waals surface area contributed by atoms with E-state index in [0.29, 0.717) is 5.92 Å². The van der Waals surface area contributed by atoms with Gasteiger partial charge in [0.15, 0.2) is 0 Å². The highest BCUT2D eigenvalue weighted by Gasteiger charge is 2.14. The highest BCUT2D eigenvalue weighted by molar-refractivity contribution is 5.77. The minimum Gasteiger partial charge on any atom is -0.368 e. The smallest absolute Gasteiger partial charge is 0.0507 e. The third-order valence-corrected chi connectivity index (χ3v) is 2.98. The number of hydrogen-bond donors (Lipinski definition) is 0. The van der Waals surface area contributed by atoms with Crippen LogP contribution in [-0.2, 0) is 0 Å². The molecule has 3 nitrogen and oxygen atoms in total. The quantitative estimate of drug-likeness (QED) is 0.683. The van der Waals surface area contributed by atoms with E-state index in [4.69, 9.17) is 0 Å². The zero-order valence-corrected chi connectivity index (χ0v) is 11.8. The normalized spacial score (nSPS) is 19.6. The molecule has 3 heteroatoms. The van der Waals surface area contributed by atoms with E-state index in [1.54, 1.807) is 0 Å². The van der Waals surface area contributed by atoms with Crippen LogP contribution in [0.3, 0.4) is 0 Å². The first-order chi connectivity index (χ1) is 8.13. The van der Waals surface area contributed by atoms with Gasteiger partial charge < -0.3 is 9.80 Å². The molecule has 0 saturated carbocycles. The van der Waals surface area contributed by atoms with E-state index < -0.39 is 0 Å². The Hall–Kier alpha value is -0.830. The molecule has 0 N–H and O–H groups in total. The van der Waals surface area contributed by atoms with Gasteiger partial charge in [-0.2, -0.15) is 0 Å². The van der Waals surface area contributed by atoms with Gasteiger partial charge in [0.1, 0.15) is 0 Å². The highest BCUT2D eigenvalue weighted by atomic mass is 15.3. The van der Waals surface area contributed by atoms with E-state index >= 15 is 0 Å². The largest absolute Gasteiger partial charge is 0.368 e. The van der Waals surface area contributed by atoms with Gasteiger partial charge in [-0.15, -0.1) is 0 Å². The van der Waals surface area contributed by atoms with Gasteiger partial charge in [0.05, 0.1) is 5.70 Å². The standard InChI is InChI=1S/C14H27N3/c1-5-6-14(12-15-11-13(2)3)17-9-7-16(4)8-10-17/h6,12-13H,5,7-11H2,1-4H3/b14-6+,15-12?. The molecular formula is C14H27N3. The fourth-order valence-corrected chi connectivity index (χ4v) is 1.89. The van der Waals surface area contributed by atoms with Crippen LogP contribution >= 0.6 is 0 Å². The van der Waals surface area contributed by atoms with E-state index in [-0.39, 0.29) is 0 Å². The van der Waals surface area contributed by atoms with Crippen molar-refractivity contribution < 1.29 is 0 Å². The number of rotatable bonds is 5. The van der Waals surface area contributed by atoms with Crippen LogP contribution in [0.2, 0.25) is 0 Å². The molecule has 0 aromatic rings. The summed E-state index contributed by atoms with van der Waals surface area (Å²) < 4.78 is 0. The Morgan fingerprint density at radius 2 is 1.88 bits per heavy atom. The summed E-state index contributed by atoms with van der Waals surface area (Å²) in [6, 6.07) is 0. The Morgan fingerprint density at radius 3 is 2.41 bits per heavy atom. The van der Waals surface area contributed by atoms with Crippen LogP contribution in [-0.4, -0.2) is 55.8 Å². The zero-order valence-electron chi connectivity index (χ0n) is 11.8. The molecule has 17 heavy (non-hydrogen) atoms. The Morgan fingerprint density at radius 1 is 1.24 bits per heavy atom. The summed E-state index contributed by atoms with van der Waals surface area (Å²) >= 11 is 0. The summed E-state index contributed by atoms with van der Waals surface area (Å²) in [7, 11) is 2.19. The third-order valence-electron chi connectivity index (χ3n) is 2.98. The van der Waals surface area contributed by atoms with Gasteiger partial charge in [-0.1, -0.05) is 26.8 Å². The molecule has 0 aromatic heterocycles. The Kier molecular flexibility index (Phi) is 6.27. The first-order valence-corrected chi connectivity index (χ1v) is 6.77. The second-order valence-electron chi connectivity index (χ2n) is 5.22. The number of nitrogens with zero attached hydrogens (tertiary/aromatic N) is 3. The van der Waals surface area contributed by atoms with Crippen molar-refractivity contribution in [2.45, 2.75) is 27.2 Å². The lowest BCUT2D eigenvalue weighted by Gasteiger charge is -2.34. The van der Waals surface area contributed by atoms with Gasteiger partial charge >= 0.3 is 0 Å². The van der Waals surface area contributed by atoms with Crippen molar-refractivity contribution in [2.75, 3.05) is 39.8 Å². The number of hydrogen-bond acceptors (Lipinski definition) is 3. The fraction of sp³-hybridized carbons (Fsp3) is 0.786. The maximum Gasteiger partial charge on any atom is 0.0507 e. The number of allylic oxidation sites excluding steroid dienone is 2. The summed E-state index contributed by atoms with van der Waals surface area (Å²) in [5.41, 5.74) is 1.31. The van der Waals surface area contributed by atoms with E-state index in [0.717, 1.165) is 39.1 Å². The molecule has 0 radical (unpaired) electrons. The van der Waals surface area contributed by atoms with E-state index in [1.807, 2.05) is 0 Å². The molecule has 1 saturated heterocycles. The molecular weight excluding hydrogens is 210 g/mol. The summed E-state index contributed by atoms with van der Waals surface area (Å²) in [5.74, 6) is 0.640. The van der Waals surface area contributed by atoms with Crippen molar-refractivity contribution in [2.24, 2.45) is 10.9 Å². The predicted molar refractivity (Wildman–Crippen MR) is 75.6 cm³/mol. The van der Waals surface area contributed by atoms with Crippen LogP contribution in [0.1, 0.15) is 27.2 Å². The molecule has 1 heterocycles. The topological polar surface area (TPSA) is 18.8 Å². The minimum absolute atomic E-state index is 0.640. The van der Waals surface area contributed by atoms with Gasteiger partial charge in [0, 0.05) is 38.9 Å². The Labute approximate surface area is 106 Å². The highest BCUT2D eigenvalue weighted by Crippen LogP contribution is 2.08. The van der Waals surface area contributed by atoms with Crippen molar-refractivity contribution in [3.05, 3.63) is 11.8 Å². The van der Waals surface area contributed by atoms with Crippen molar-refractivity contribution >= 4 is 6.21 Å². The average Bonchev–Trinajstić information content (AvgIpc) is 2.29. The Bertz CT molecular complexity index is 261. The van der Waals surface area contributed by atoms with Crippen LogP contribution in [0.25, 0.3) is 0 Å². The second-order valence-corrected chi connectivity index (χ2v) is 5.22. The molecule has 1 aliphatic heterocycles. The third kappa shape index (κ3) is 5.35. The first kappa shape index (κ1) is 14.2. The van der Waals surface area contributed by atoms with Gasteiger partial charge in [-0.05, 0) is 19.4 Å². The monoisotopic (exact) mass is 237 g/mol. The second kappa shape index (κ2) is 7.49. The van der Waals surface area contributed by atoms with Crippen molar-refractivity contribution in [3.8, 4) is 0 Å². The van der Waals surface area contributed by atoms with Gasteiger partial charge in [0.2, 0.25) is 0 Å². The maximum atomic E-state index is 4.54. The summed E-state index contributed by atoms with van der Waals surface area (Å²) in [4.78, 5) is 9.37. The molecule has 0 atom stereocenters. The van der Waals surface area contributed by atoms with E-state index in [9.17, 15) is 0 Å². The van der Waals surface area contributed by atoms with Crippen molar-refractivity contribution in [1.82, 2.24) is 9.80 Å². The summed E-state index contributed by atoms with van der Waals surface area (Å²) in [5, 5.41) is 0. The van der Waals surface area contributed by atoms with Crippen molar-refractivity contribution in [3.63, 3.8) is 0 Å². The lowest BCUT2D eigenvalue weighted by molar-refractivity contribution is 0.192. The molecule has 0 bridgehead atoms. The van der Waals surface area contributed by atoms with Gasteiger partial charge in [0.25, 0.3) is 0 Å². The number of aliphatic imine (C=N–C) groups is 1. The predicted octanol–water partition coefficient (Wildman–Crippen LogP) is 2.25. The van der Waals surface area contributed by atoms with Crippen LogP contribution in [0.4, 0.5) is 0 Å². The molecule has 0 amide bonds. The molecule has 1 aliphatic rings.